The Bertz CT molecular complexity index is 1190. The molecular weight excluding hydrogens is 673 g/mol. The van der Waals surface area contributed by atoms with E-state index in [0.717, 1.165) is 24.6 Å². The van der Waals surface area contributed by atoms with E-state index in [4.69, 9.17) is 33.8 Å². The Hall–Kier alpha value is -1.45. The van der Waals surface area contributed by atoms with Gasteiger partial charge >= 0.3 is 11.9 Å². The molecule has 296 valence electrons. The minimum absolute atomic E-state index is 0.00102. The van der Waals surface area contributed by atoms with Crippen molar-refractivity contribution in [3.8, 4) is 0 Å². The monoisotopic (exact) mass is 742 g/mol. The zero-order chi connectivity index (χ0) is 38.8. The standard InChI is InChI=1S/C38H70N2O10Si/c1-15-27-38(11)28(29(39)35(44)49-38)23(7)30(41)21(5)20-37(10,45-14)33(24(8)31(42)25(9)34(43)47-27)48-36-32(50-51(16-2,17-3)18-4)26(40(12)13)19-22(6)46-36/h21-29,31-33,36,42H,15-20,39H2,1-14H3/t21-,22-,23-,24+,25-,26+,27+,28+,29+,31-,32-,33-,36?,37-,38+/m1/s1. The summed E-state index contributed by atoms with van der Waals surface area (Å²) < 4.78 is 39.1. The summed E-state index contributed by atoms with van der Waals surface area (Å²) in [5.41, 5.74) is 3.95. The fraction of sp³-hybridized carbons (Fsp3) is 0.921. The molecule has 0 aromatic heterocycles. The summed E-state index contributed by atoms with van der Waals surface area (Å²) in [5, 5.41) is 12.0. The number of rotatable bonds is 10. The molecule has 3 heterocycles. The first-order valence-electron chi connectivity index (χ1n) is 19.3. The van der Waals surface area contributed by atoms with Crippen LogP contribution >= 0.6 is 0 Å². The molecule has 0 bridgehead atoms. The Morgan fingerprint density at radius 1 is 0.961 bits per heavy atom. The Morgan fingerprint density at radius 3 is 2.06 bits per heavy atom. The Kier molecular flexibility index (Phi) is 14.9. The van der Waals surface area contributed by atoms with Crippen LogP contribution in [0, 0.1) is 29.6 Å². The first-order chi connectivity index (χ1) is 23.7. The third-order valence-electron chi connectivity index (χ3n) is 12.9. The lowest BCUT2D eigenvalue weighted by atomic mass is 9.69. The van der Waals surface area contributed by atoms with Crippen molar-refractivity contribution < 1.29 is 47.6 Å². The van der Waals surface area contributed by atoms with Gasteiger partial charge in [-0.05, 0) is 79.2 Å². The zero-order valence-corrected chi connectivity index (χ0v) is 34.9. The molecule has 3 aliphatic rings. The summed E-state index contributed by atoms with van der Waals surface area (Å²) in [6.07, 6.45) is -3.08. The second-order valence-electron chi connectivity index (χ2n) is 16.4. The Labute approximate surface area is 308 Å². The third kappa shape index (κ3) is 8.76. The molecule has 1 unspecified atom stereocenters. The van der Waals surface area contributed by atoms with Gasteiger partial charge in [0.15, 0.2) is 20.2 Å². The van der Waals surface area contributed by atoms with Crippen LogP contribution < -0.4 is 5.73 Å². The number of nitrogens with zero attached hydrogens (tertiary/aromatic N) is 1. The number of hydrogen-bond acceptors (Lipinski definition) is 12. The molecule has 3 rings (SSSR count). The van der Waals surface area contributed by atoms with Crippen LogP contribution in [0.5, 0.6) is 0 Å². The van der Waals surface area contributed by atoms with Crippen LogP contribution in [-0.2, 0) is 42.5 Å². The molecule has 15 atom stereocenters. The number of likely N-dealkylation sites (N-methyl/N-ethyl adjacent to an activating group) is 1. The van der Waals surface area contributed by atoms with E-state index in [2.05, 4.69) is 25.7 Å². The van der Waals surface area contributed by atoms with Crippen LogP contribution in [0.15, 0.2) is 0 Å². The second-order valence-corrected chi connectivity index (χ2v) is 21.1. The van der Waals surface area contributed by atoms with Crippen molar-refractivity contribution in [3.05, 3.63) is 0 Å². The van der Waals surface area contributed by atoms with Crippen molar-refractivity contribution in [3.63, 3.8) is 0 Å². The highest BCUT2D eigenvalue weighted by atomic mass is 28.4. The zero-order valence-electron chi connectivity index (χ0n) is 33.9. The molecule has 3 saturated heterocycles. The van der Waals surface area contributed by atoms with Gasteiger partial charge < -0.3 is 43.9 Å². The van der Waals surface area contributed by atoms with E-state index >= 15 is 0 Å². The molecule has 0 saturated carbocycles. The van der Waals surface area contributed by atoms with E-state index in [1.807, 2.05) is 48.7 Å². The quantitative estimate of drug-likeness (QED) is 0.236. The SMILES string of the molecule is CC[C@@H]1OC(=O)[C@H](C)[C@H](O)[C@H](C)[C@@H](OC2O[C@H](C)C[C@H](N(C)C)[C@H]2O[Si](CC)(CC)CC)[C@](C)(OC)C[C@@H](C)C(=O)[C@H](C)[C@H]2[C@H](N)C(=O)O[C@]21C. The maximum absolute atomic E-state index is 14.4. The van der Waals surface area contributed by atoms with Crippen LogP contribution in [0.3, 0.4) is 0 Å². The molecule has 0 aromatic rings. The molecule has 3 N–H and O–H groups in total. The Balaban J connectivity index is 2.17. The van der Waals surface area contributed by atoms with Gasteiger partial charge in [0, 0.05) is 36.8 Å². The van der Waals surface area contributed by atoms with Crippen molar-refractivity contribution in [2.75, 3.05) is 21.2 Å². The summed E-state index contributed by atoms with van der Waals surface area (Å²) in [6, 6.07) is 1.77. The maximum Gasteiger partial charge on any atom is 0.324 e. The van der Waals surface area contributed by atoms with Crippen molar-refractivity contribution in [2.45, 2.75) is 174 Å². The number of fused-ring (bicyclic) bond motifs is 1. The molecule has 0 amide bonds. The number of Topliss-reactive ketones (excluding diaryl/α,β-unsaturated/α-hetero) is 1. The van der Waals surface area contributed by atoms with E-state index < -0.39 is 97.8 Å². The van der Waals surface area contributed by atoms with Gasteiger partial charge in [-0.1, -0.05) is 48.5 Å². The number of aliphatic hydroxyl groups is 1. The first kappa shape index (κ1) is 43.9. The van der Waals surface area contributed by atoms with Crippen molar-refractivity contribution >= 4 is 26.0 Å². The van der Waals surface area contributed by atoms with Gasteiger partial charge in [0.1, 0.15) is 24.0 Å². The number of hydrogen-bond donors (Lipinski definition) is 2. The number of cyclic esters (lactones) is 1. The molecular formula is C38H70N2O10Si. The topological polar surface area (TPSA) is 156 Å². The van der Waals surface area contributed by atoms with Crippen LogP contribution in [0.4, 0.5) is 0 Å². The summed E-state index contributed by atoms with van der Waals surface area (Å²) in [4.78, 5) is 43.4. The van der Waals surface area contributed by atoms with Crippen LogP contribution in [0.25, 0.3) is 0 Å². The Morgan fingerprint density at radius 2 is 1.55 bits per heavy atom. The van der Waals surface area contributed by atoms with Gasteiger partial charge in [0.25, 0.3) is 0 Å². The van der Waals surface area contributed by atoms with Crippen molar-refractivity contribution in [1.29, 1.82) is 0 Å². The normalized spacial score (nSPS) is 43.4. The number of ketones is 1. The largest absolute Gasteiger partial charge is 0.458 e. The number of esters is 2. The maximum atomic E-state index is 14.4. The van der Waals surface area contributed by atoms with E-state index in [1.165, 1.54) is 0 Å². The predicted octanol–water partition coefficient (Wildman–Crippen LogP) is 4.69. The van der Waals surface area contributed by atoms with Crippen LogP contribution in [0.1, 0.15) is 95.4 Å². The molecule has 0 radical (unpaired) electrons. The van der Waals surface area contributed by atoms with Crippen LogP contribution in [-0.4, -0.2) is 117 Å². The number of ether oxygens (including phenoxy) is 5. The number of carbonyl (C=O) groups excluding carboxylic acids is 3. The summed E-state index contributed by atoms with van der Waals surface area (Å²) in [7, 11) is 3.50. The van der Waals surface area contributed by atoms with Crippen molar-refractivity contribution in [1.82, 2.24) is 4.90 Å². The van der Waals surface area contributed by atoms with E-state index in [9.17, 15) is 19.5 Å². The minimum Gasteiger partial charge on any atom is -0.458 e. The molecule has 13 heteroatoms. The summed E-state index contributed by atoms with van der Waals surface area (Å²) in [5.74, 6) is -5.11. The highest BCUT2D eigenvalue weighted by Gasteiger charge is 2.60. The smallest absolute Gasteiger partial charge is 0.324 e. The average Bonchev–Trinajstić information content (AvgIpc) is 3.33. The van der Waals surface area contributed by atoms with Gasteiger partial charge in [0.2, 0.25) is 0 Å². The molecule has 0 spiro atoms. The fourth-order valence-electron chi connectivity index (χ4n) is 9.24. The highest BCUT2D eigenvalue weighted by molar-refractivity contribution is 6.73. The minimum atomic E-state index is -2.16. The van der Waals surface area contributed by atoms with Gasteiger partial charge in [-0.3, -0.25) is 14.4 Å². The molecule has 0 aromatic carbocycles. The molecule has 3 aliphatic heterocycles. The first-order valence-corrected chi connectivity index (χ1v) is 21.8. The summed E-state index contributed by atoms with van der Waals surface area (Å²) >= 11 is 0. The average molecular weight is 743 g/mol. The summed E-state index contributed by atoms with van der Waals surface area (Å²) in [6.45, 7) is 21.1. The number of aliphatic hydroxyl groups excluding tert-OH is 1. The van der Waals surface area contributed by atoms with Crippen LogP contribution in [0.2, 0.25) is 18.1 Å². The molecule has 12 nitrogen and oxygen atoms in total. The highest BCUT2D eigenvalue weighted by Crippen LogP contribution is 2.45. The number of carbonyl (C=O) groups is 3. The second kappa shape index (κ2) is 17.3. The van der Waals surface area contributed by atoms with E-state index in [-0.39, 0.29) is 24.3 Å². The molecule has 0 aliphatic carbocycles. The van der Waals surface area contributed by atoms with E-state index in [1.54, 1.807) is 27.9 Å². The predicted molar refractivity (Wildman–Crippen MR) is 197 cm³/mol. The molecule has 3 fully saturated rings. The number of nitrogens with two attached hydrogens (primary N) is 1. The fourth-order valence-corrected chi connectivity index (χ4v) is 12.1. The third-order valence-corrected chi connectivity index (χ3v) is 17.6. The van der Waals surface area contributed by atoms with Gasteiger partial charge in [0.05, 0.1) is 29.8 Å². The molecule has 51 heavy (non-hydrogen) atoms. The number of methoxy groups -OCH3 is 1. The lowest BCUT2D eigenvalue weighted by Gasteiger charge is -2.50. The van der Waals surface area contributed by atoms with E-state index in [0.29, 0.717) is 6.42 Å². The van der Waals surface area contributed by atoms with Gasteiger partial charge in [-0.15, -0.1) is 0 Å². The van der Waals surface area contributed by atoms with Crippen molar-refractivity contribution in [2.24, 2.45) is 35.3 Å². The lowest BCUT2D eigenvalue weighted by Crippen LogP contribution is -2.62. The van der Waals surface area contributed by atoms with Gasteiger partial charge in [-0.25, -0.2) is 0 Å². The van der Waals surface area contributed by atoms with Gasteiger partial charge in [-0.2, -0.15) is 0 Å². The lowest BCUT2D eigenvalue weighted by molar-refractivity contribution is -0.298.